The number of hydrogen-bond donors (Lipinski definition) is 0. The van der Waals surface area contributed by atoms with Crippen LogP contribution in [0.2, 0.25) is 0 Å². The van der Waals surface area contributed by atoms with Crippen LogP contribution < -0.4 is 0 Å². The van der Waals surface area contributed by atoms with Gasteiger partial charge >= 0.3 is 0 Å². The zero-order chi connectivity index (χ0) is 19.9. The highest BCUT2D eigenvalue weighted by molar-refractivity contribution is 7.13. The molecule has 1 fully saturated rings. The summed E-state index contributed by atoms with van der Waals surface area (Å²) in [5.74, 6) is 0.625. The van der Waals surface area contributed by atoms with Gasteiger partial charge in [-0.15, -0.1) is 11.3 Å². The molecular weight excluding hydrogens is 388 g/mol. The van der Waals surface area contributed by atoms with Crippen molar-refractivity contribution in [3.8, 4) is 10.8 Å². The third-order valence-electron chi connectivity index (χ3n) is 4.87. The van der Waals surface area contributed by atoms with Crippen LogP contribution in [0, 0.1) is 0 Å². The molecule has 0 aliphatic carbocycles. The third-order valence-corrected chi connectivity index (χ3v) is 5.73. The molecule has 1 amide bonds. The molecule has 29 heavy (non-hydrogen) atoms. The lowest BCUT2D eigenvalue weighted by molar-refractivity contribution is 0.0355. The third kappa shape index (κ3) is 5.29. The van der Waals surface area contributed by atoms with Gasteiger partial charge in [0, 0.05) is 50.5 Å². The van der Waals surface area contributed by atoms with Crippen molar-refractivity contribution in [3.63, 3.8) is 0 Å². The molecule has 0 radical (unpaired) electrons. The van der Waals surface area contributed by atoms with E-state index in [4.69, 9.17) is 9.15 Å². The first kappa shape index (κ1) is 19.8. The van der Waals surface area contributed by atoms with Crippen molar-refractivity contribution in [2.24, 2.45) is 0 Å². The number of morpholine rings is 1. The van der Waals surface area contributed by atoms with Gasteiger partial charge in [0.1, 0.15) is 5.69 Å². The Bertz CT molecular complexity index is 892. The topological polar surface area (TPSA) is 71.7 Å². The van der Waals surface area contributed by atoms with E-state index >= 15 is 0 Å². The van der Waals surface area contributed by atoms with Gasteiger partial charge in [0.05, 0.1) is 19.5 Å². The van der Waals surface area contributed by atoms with Crippen molar-refractivity contribution in [1.29, 1.82) is 0 Å². The molecule has 0 bridgehead atoms. The first-order valence-electron chi connectivity index (χ1n) is 9.77. The molecule has 0 aromatic carbocycles. The highest BCUT2D eigenvalue weighted by Crippen LogP contribution is 2.25. The molecule has 3 aromatic heterocycles. The first-order valence-corrected chi connectivity index (χ1v) is 10.7. The van der Waals surface area contributed by atoms with E-state index in [1.807, 2.05) is 34.5 Å². The van der Waals surface area contributed by atoms with Gasteiger partial charge in [0.2, 0.25) is 0 Å². The SMILES string of the molecule is O=C(c1csc(-c2ccco2)n1)N(CCCN1CCOCC1)Cc1ccncc1. The van der Waals surface area contributed by atoms with Crippen LogP contribution in [0.3, 0.4) is 0 Å². The zero-order valence-corrected chi connectivity index (χ0v) is 17.0. The summed E-state index contributed by atoms with van der Waals surface area (Å²) in [5.41, 5.74) is 1.52. The number of pyridine rings is 1. The highest BCUT2D eigenvalue weighted by Gasteiger charge is 2.21. The Balaban J connectivity index is 1.44. The van der Waals surface area contributed by atoms with E-state index in [0.717, 1.165) is 49.8 Å². The molecule has 1 aliphatic rings. The maximum Gasteiger partial charge on any atom is 0.273 e. The van der Waals surface area contributed by atoms with E-state index < -0.39 is 0 Å². The average molecular weight is 413 g/mol. The van der Waals surface area contributed by atoms with Gasteiger partial charge < -0.3 is 14.1 Å². The van der Waals surface area contributed by atoms with Crippen LogP contribution in [0.4, 0.5) is 0 Å². The molecule has 0 spiro atoms. The molecule has 152 valence electrons. The largest absolute Gasteiger partial charge is 0.462 e. The van der Waals surface area contributed by atoms with Gasteiger partial charge in [-0.3, -0.25) is 14.7 Å². The molecule has 0 N–H and O–H groups in total. The van der Waals surface area contributed by atoms with Crippen molar-refractivity contribution in [1.82, 2.24) is 19.8 Å². The average Bonchev–Trinajstić information content (AvgIpc) is 3.46. The maximum absolute atomic E-state index is 13.2. The molecule has 4 heterocycles. The van der Waals surface area contributed by atoms with Crippen LogP contribution in [0.1, 0.15) is 22.5 Å². The molecular formula is C21H24N4O3S. The minimum Gasteiger partial charge on any atom is -0.462 e. The fourth-order valence-electron chi connectivity index (χ4n) is 3.32. The fraction of sp³-hybridized carbons (Fsp3) is 0.381. The Kier molecular flexibility index (Phi) is 6.66. The van der Waals surface area contributed by atoms with Crippen molar-refractivity contribution in [2.45, 2.75) is 13.0 Å². The van der Waals surface area contributed by atoms with Gasteiger partial charge in [-0.25, -0.2) is 4.98 Å². The second-order valence-corrected chi connectivity index (χ2v) is 7.76. The maximum atomic E-state index is 13.2. The summed E-state index contributed by atoms with van der Waals surface area (Å²) in [6, 6.07) is 7.55. The number of aromatic nitrogens is 2. The number of rotatable bonds is 8. The van der Waals surface area contributed by atoms with E-state index in [1.165, 1.54) is 11.3 Å². The van der Waals surface area contributed by atoms with E-state index in [2.05, 4.69) is 14.9 Å². The minimum absolute atomic E-state index is 0.0576. The predicted molar refractivity (Wildman–Crippen MR) is 111 cm³/mol. The van der Waals surface area contributed by atoms with Crippen molar-refractivity contribution in [2.75, 3.05) is 39.4 Å². The molecule has 7 nitrogen and oxygen atoms in total. The molecule has 0 saturated carbocycles. The van der Waals surface area contributed by atoms with Gasteiger partial charge in [-0.2, -0.15) is 0 Å². The van der Waals surface area contributed by atoms with Gasteiger partial charge in [-0.1, -0.05) is 0 Å². The molecule has 3 aromatic rings. The second-order valence-electron chi connectivity index (χ2n) is 6.90. The van der Waals surface area contributed by atoms with E-state index in [-0.39, 0.29) is 5.91 Å². The summed E-state index contributed by atoms with van der Waals surface area (Å²) in [6.45, 7) is 5.65. The van der Waals surface area contributed by atoms with Crippen LogP contribution in [-0.2, 0) is 11.3 Å². The first-order chi connectivity index (χ1) is 14.3. The van der Waals surface area contributed by atoms with Crippen LogP contribution in [0.15, 0.2) is 52.7 Å². The lowest BCUT2D eigenvalue weighted by Gasteiger charge is -2.28. The van der Waals surface area contributed by atoms with Crippen molar-refractivity contribution >= 4 is 17.2 Å². The number of thiazole rings is 1. The second kappa shape index (κ2) is 9.78. The number of ether oxygens (including phenoxy) is 1. The van der Waals surface area contributed by atoms with Crippen molar-refractivity contribution < 1.29 is 13.9 Å². The van der Waals surface area contributed by atoms with Gasteiger partial charge in [0.25, 0.3) is 5.91 Å². The van der Waals surface area contributed by atoms with Crippen LogP contribution in [0.5, 0.6) is 0 Å². The summed E-state index contributed by atoms with van der Waals surface area (Å²) in [6.07, 6.45) is 6.03. The summed E-state index contributed by atoms with van der Waals surface area (Å²) in [4.78, 5) is 26.0. The lowest BCUT2D eigenvalue weighted by atomic mass is 10.2. The molecule has 4 rings (SSSR count). The quantitative estimate of drug-likeness (QED) is 0.566. The Morgan fingerprint density at radius 1 is 1.21 bits per heavy atom. The highest BCUT2D eigenvalue weighted by atomic mass is 32.1. The van der Waals surface area contributed by atoms with E-state index in [9.17, 15) is 4.79 Å². The number of hydrogen-bond acceptors (Lipinski definition) is 7. The Hall–Kier alpha value is -2.55. The number of furan rings is 1. The molecule has 1 saturated heterocycles. The molecule has 8 heteroatoms. The number of nitrogens with zero attached hydrogens (tertiary/aromatic N) is 4. The number of carbonyl (C=O) groups excluding carboxylic acids is 1. The van der Waals surface area contributed by atoms with Gasteiger partial charge in [0.15, 0.2) is 10.8 Å². The zero-order valence-electron chi connectivity index (χ0n) is 16.2. The number of carbonyl (C=O) groups is 1. The Labute approximate surface area is 173 Å². The van der Waals surface area contributed by atoms with E-state index in [1.54, 1.807) is 18.7 Å². The molecule has 0 atom stereocenters. The smallest absolute Gasteiger partial charge is 0.273 e. The number of amides is 1. The minimum atomic E-state index is -0.0576. The summed E-state index contributed by atoms with van der Waals surface area (Å²) >= 11 is 1.42. The fourth-order valence-corrected chi connectivity index (χ4v) is 4.08. The van der Waals surface area contributed by atoms with Crippen LogP contribution >= 0.6 is 11.3 Å². The summed E-state index contributed by atoms with van der Waals surface area (Å²) in [7, 11) is 0. The lowest BCUT2D eigenvalue weighted by Crippen LogP contribution is -2.39. The summed E-state index contributed by atoms with van der Waals surface area (Å²) < 4.78 is 10.8. The van der Waals surface area contributed by atoms with E-state index in [0.29, 0.717) is 24.5 Å². The predicted octanol–water partition coefficient (Wildman–Crippen LogP) is 3.16. The monoisotopic (exact) mass is 412 g/mol. The van der Waals surface area contributed by atoms with Crippen LogP contribution in [0.25, 0.3) is 10.8 Å². The molecule has 0 unspecified atom stereocenters. The van der Waals surface area contributed by atoms with Gasteiger partial charge in [-0.05, 0) is 36.2 Å². The normalized spacial score (nSPS) is 14.8. The van der Waals surface area contributed by atoms with Crippen molar-refractivity contribution in [3.05, 3.63) is 59.6 Å². The van der Waals surface area contributed by atoms with Crippen LogP contribution in [-0.4, -0.2) is 65.1 Å². The molecule has 1 aliphatic heterocycles. The standard InChI is InChI=1S/C21H24N4O3S/c26-21(18-16-29-20(23-18)19-3-1-12-28-19)25(15-17-4-6-22-7-5-17)9-2-8-24-10-13-27-14-11-24/h1,3-7,12,16H,2,8-11,13-15H2. The Morgan fingerprint density at radius 2 is 2.03 bits per heavy atom. The summed E-state index contributed by atoms with van der Waals surface area (Å²) in [5, 5.41) is 2.53. The Morgan fingerprint density at radius 3 is 2.79 bits per heavy atom.